The summed E-state index contributed by atoms with van der Waals surface area (Å²) in [4.78, 5) is 11.7. The molecule has 0 aliphatic heterocycles. The van der Waals surface area contributed by atoms with Crippen molar-refractivity contribution in [2.45, 2.75) is 13.3 Å². The number of rotatable bonds is 6. The first-order valence-electron chi connectivity index (χ1n) is 5.59. The minimum Gasteiger partial charge on any atom is -0.351 e. The number of nitrogens with one attached hydrogen (secondary N) is 2. The molecule has 0 radical (unpaired) electrons. The Hall–Kier alpha value is -0.690. The maximum Gasteiger partial charge on any atom is 0.252 e. The molecule has 3 nitrogen and oxygen atoms in total. The Labute approximate surface area is 114 Å². The van der Waals surface area contributed by atoms with E-state index in [0.717, 1.165) is 23.1 Å². The van der Waals surface area contributed by atoms with Crippen LogP contribution in [0.2, 0.25) is 0 Å². The Balaban J connectivity index is 2.44. The van der Waals surface area contributed by atoms with E-state index in [1.54, 1.807) is 6.07 Å². The van der Waals surface area contributed by atoms with Crippen molar-refractivity contribution >= 4 is 28.5 Å². The van der Waals surface area contributed by atoms with Crippen molar-refractivity contribution in [3.63, 3.8) is 0 Å². The van der Waals surface area contributed by atoms with Gasteiger partial charge in [0.1, 0.15) is 5.82 Å². The molecule has 0 bridgehead atoms. The van der Waals surface area contributed by atoms with Gasteiger partial charge in [0.25, 0.3) is 5.91 Å². The predicted octanol–water partition coefficient (Wildman–Crippen LogP) is 2.16. The highest BCUT2D eigenvalue weighted by Crippen LogP contribution is 2.13. The van der Waals surface area contributed by atoms with Gasteiger partial charge in [-0.3, -0.25) is 4.79 Å². The third-order valence-electron chi connectivity index (χ3n) is 2.19. The van der Waals surface area contributed by atoms with E-state index in [2.05, 4.69) is 17.6 Å². The van der Waals surface area contributed by atoms with Crippen molar-refractivity contribution < 1.29 is 9.18 Å². The highest BCUT2D eigenvalue weighted by Gasteiger charge is 2.09. The molecule has 1 amide bonds. The zero-order chi connectivity index (χ0) is 12.7. The zero-order valence-electron chi connectivity index (χ0n) is 9.72. The highest BCUT2D eigenvalue weighted by atomic mass is 127. The van der Waals surface area contributed by atoms with Crippen LogP contribution in [0.5, 0.6) is 0 Å². The van der Waals surface area contributed by atoms with Crippen LogP contribution in [0.3, 0.4) is 0 Å². The molecule has 0 aliphatic carbocycles. The molecule has 0 atom stereocenters. The van der Waals surface area contributed by atoms with Crippen molar-refractivity contribution in [2.24, 2.45) is 0 Å². The molecule has 0 saturated carbocycles. The third kappa shape index (κ3) is 4.99. The van der Waals surface area contributed by atoms with E-state index in [4.69, 9.17) is 0 Å². The second kappa shape index (κ2) is 7.60. The fourth-order valence-electron chi connectivity index (χ4n) is 1.33. The molecule has 1 rings (SSSR count). The number of carbonyl (C=O) groups excluding carboxylic acids is 1. The monoisotopic (exact) mass is 350 g/mol. The van der Waals surface area contributed by atoms with E-state index in [9.17, 15) is 9.18 Å². The molecule has 1 aromatic rings. The first kappa shape index (κ1) is 14.4. The van der Waals surface area contributed by atoms with Gasteiger partial charge in [0.05, 0.1) is 5.56 Å². The van der Waals surface area contributed by atoms with Crippen LogP contribution in [0, 0.1) is 9.39 Å². The summed E-state index contributed by atoms with van der Waals surface area (Å²) in [5.74, 6) is -0.619. The molecule has 2 N–H and O–H groups in total. The smallest absolute Gasteiger partial charge is 0.252 e. The van der Waals surface area contributed by atoms with Crippen LogP contribution < -0.4 is 10.6 Å². The number of hydrogen-bond donors (Lipinski definition) is 2. The van der Waals surface area contributed by atoms with Crippen molar-refractivity contribution in [2.75, 3.05) is 19.6 Å². The van der Waals surface area contributed by atoms with Crippen LogP contribution in [0.1, 0.15) is 23.7 Å². The first-order valence-corrected chi connectivity index (χ1v) is 6.67. The van der Waals surface area contributed by atoms with E-state index in [0.29, 0.717) is 12.1 Å². The molecule has 0 unspecified atom stereocenters. The number of amides is 1. The SMILES string of the molecule is CCCNCCNC(=O)c1cc(F)ccc1I. The topological polar surface area (TPSA) is 41.1 Å². The van der Waals surface area contributed by atoms with E-state index >= 15 is 0 Å². The zero-order valence-corrected chi connectivity index (χ0v) is 11.9. The largest absolute Gasteiger partial charge is 0.351 e. The molecule has 0 aromatic heterocycles. The molecule has 0 aliphatic rings. The summed E-state index contributed by atoms with van der Waals surface area (Å²) in [5, 5.41) is 5.93. The van der Waals surface area contributed by atoms with Crippen molar-refractivity contribution in [3.05, 3.63) is 33.1 Å². The second-order valence-electron chi connectivity index (χ2n) is 3.63. The normalized spacial score (nSPS) is 10.3. The Bertz CT molecular complexity index is 385. The fourth-order valence-corrected chi connectivity index (χ4v) is 1.91. The molecular weight excluding hydrogens is 334 g/mol. The van der Waals surface area contributed by atoms with Crippen molar-refractivity contribution in [3.8, 4) is 0 Å². The minimum absolute atomic E-state index is 0.229. The van der Waals surface area contributed by atoms with E-state index in [1.165, 1.54) is 12.1 Å². The maximum atomic E-state index is 13.0. The molecule has 0 fully saturated rings. The van der Waals surface area contributed by atoms with Gasteiger partial charge in [-0.2, -0.15) is 0 Å². The van der Waals surface area contributed by atoms with Gasteiger partial charge in [-0.25, -0.2) is 4.39 Å². The molecule has 0 saturated heterocycles. The van der Waals surface area contributed by atoms with Crippen LogP contribution in [0.25, 0.3) is 0 Å². The van der Waals surface area contributed by atoms with E-state index in [-0.39, 0.29) is 11.7 Å². The summed E-state index contributed by atoms with van der Waals surface area (Å²) < 4.78 is 13.8. The Morgan fingerprint density at radius 3 is 2.82 bits per heavy atom. The Kier molecular flexibility index (Phi) is 6.43. The van der Waals surface area contributed by atoms with Gasteiger partial charge in [-0.15, -0.1) is 0 Å². The number of carbonyl (C=O) groups is 1. The predicted molar refractivity (Wildman–Crippen MR) is 74.6 cm³/mol. The van der Waals surface area contributed by atoms with Crippen LogP contribution in [-0.2, 0) is 0 Å². The lowest BCUT2D eigenvalue weighted by Gasteiger charge is -2.07. The number of halogens is 2. The summed E-state index contributed by atoms with van der Waals surface area (Å²) in [5.41, 5.74) is 0.390. The number of benzene rings is 1. The lowest BCUT2D eigenvalue weighted by atomic mass is 10.2. The molecular formula is C12H16FIN2O. The summed E-state index contributed by atoms with van der Waals surface area (Å²) in [6.45, 7) is 4.30. The second-order valence-corrected chi connectivity index (χ2v) is 4.79. The van der Waals surface area contributed by atoms with Gasteiger partial charge in [0.2, 0.25) is 0 Å². The average Bonchev–Trinajstić information content (AvgIpc) is 2.32. The fraction of sp³-hybridized carbons (Fsp3) is 0.417. The summed E-state index contributed by atoms with van der Waals surface area (Å²) in [6, 6.07) is 4.21. The van der Waals surface area contributed by atoms with Crippen molar-refractivity contribution in [1.82, 2.24) is 10.6 Å². The average molecular weight is 350 g/mol. The van der Waals surface area contributed by atoms with Gasteiger partial charge in [0, 0.05) is 16.7 Å². The molecule has 5 heteroatoms. The van der Waals surface area contributed by atoms with E-state index < -0.39 is 0 Å². The molecule has 0 spiro atoms. The molecule has 94 valence electrons. The lowest BCUT2D eigenvalue weighted by Crippen LogP contribution is -2.32. The van der Waals surface area contributed by atoms with Gasteiger partial charge >= 0.3 is 0 Å². The minimum atomic E-state index is -0.389. The van der Waals surface area contributed by atoms with Gasteiger partial charge in [0.15, 0.2) is 0 Å². The Morgan fingerprint density at radius 2 is 2.12 bits per heavy atom. The molecule has 1 aromatic carbocycles. The molecule has 0 heterocycles. The summed E-state index contributed by atoms with van der Waals surface area (Å²) in [7, 11) is 0. The van der Waals surface area contributed by atoms with Crippen molar-refractivity contribution in [1.29, 1.82) is 0 Å². The lowest BCUT2D eigenvalue weighted by molar-refractivity contribution is 0.0952. The standard InChI is InChI=1S/C12H16FIN2O/c1-2-5-15-6-7-16-12(17)10-8-9(13)3-4-11(10)14/h3-4,8,15H,2,5-7H2,1H3,(H,16,17). The van der Waals surface area contributed by atoms with Crippen LogP contribution >= 0.6 is 22.6 Å². The summed E-state index contributed by atoms with van der Waals surface area (Å²) in [6.07, 6.45) is 1.07. The number of hydrogen-bond acceptors (Lipinski definition) is 2. The third-order valence-corrected chi connectivity index (χ3v) is 3.13. The Morgan fingerprint density at radius 1 is 1.35 bits per heavy atom. The van der Waals surface area contributed by atoms with Gasteiger partial charge < -0.3 is 10.6 Å². The van der Waals surface area contributed by atoms with Gasteiger partial charge in [-0.1, -0.05) is 6.92 Å². The quantitative estimate of drug-likeness (QED) is 0.610. The van der Waals surface area contributed by atoms with Gasteiger partial charge in [-0.05, 0) is 53.8 Å². The maximum absolute atomic E-state index is 13.0. The molecule has 17 heavy (non-hydrogen) atoms. The van der Waals surface area contributed by atoms with E-state index in [1.807, 2.05) is 22.6 Å². The van der Waals surface area contributed by atoms with Crippen LogP contribution in [0.15, 0.2) is 18.2 Å². The summed E-state index contributed by atoms with van der Waals surface area (Å²) >= 11 is 2.02. The van der Waals surface area contributed by atoms with Crippen LogP contribution in [-0.4, -0.2) is 25.5 Å². The van der Waals surface area contributed by atoms with Crippen LogP contribution in [0.4, 0.5) is 4.39 Å². The highest BCUT2D eigenvalue weighted by molar-refractivity contribution is 14.1. The first-order chi connectivity index (χ1) is 8.15.